The zero-order chi connectivity index (χ0) is 15.1. The molecule has 0 aromatic heterocycles. The molecule has 0 atom stereocenters. The summed E-state index contributed by atoms with van der Waals surface area (Å²) in [5.41, 5.74) is 0. The van der Waals surface area contributed by atoms with Crippen LogP contribution in [0.4, 0.5) is 0 Å². The number of hydrogen-bond donors (Lipinski definition) is 4. The van der Waals surface area contributed by atoms with Crippen molar-refractivity contribution in [2.45, 2.75) is 71.1 Å². The molecule has 0 saturated carbocycles. The van der Waals surface area contributed by atoms with E-state index >= 15 is 0 Å². The molecule has 0 unspecified atom stereocenters. The van der Waals surface area contributed by atoms with Gasteiger partial charge in [-0.2, -0.15) is 0 Å². The molecule has 4 N–H and O–H groups in total. The molecule has 6 nitrogen and oxygen atoms in total. The van der Waals surface area contributed by atoms with E-state index in [0.29, 0.717) is 6.42 Å². The minimum atomic E-state index is -4.64. The van der Waals surface area contributed by atoms with Crippen molar-refractivity contribution in [3.8, 4) is 0 Å². The average Bonchev–Trinajstić information content (AvgIpc) is 2.24. The van der Waals surface area contributed by atoms with Gasteiger partial charge in [0.1, 0.15) is 0 Å². The van der Waals surface area contributed by atoms with Gasteiger partial charge in [-0.1, -0.05) is 58.3 Å². The molecule has 0 spiro atoms. The summed E-state index contributed by atoms with van der Waals surface area (Å²) in [6.45, 7) is 2.23. The fraction of sp³-hybridized carbons (Fsp3) is 0.917. The normalized spacial score (nSPS) is 10.2. The van der Waals surface area contributed by atoms with E-state index in [9.17, 15) is 4.79 Å². The minimum Gasteiger partial charge on any atom is -0.481 e. The fourth-order valence-corrected chi connectivity index (χ4v) is 1.59. The van der Waals surface area contributed by atoms with Gasteiger partial charge in [-0.25, -0.2) is 4.57 Å². The second-order valence-electron chi connectivity index (χ2n) is 4.49. The van der Waals surface area contributed by atoms with Crippen molar-refractivity contribution in [3.63, 3.8) is 0 Å². The number of carbonyl (C=O) groups is 1. The van der Waals surface area contributed by atoms with Gasteiger partial charge in [0.2, 0.25) is 0 Å². The first-order valence-electron chi connectivity index (χ1n) is 6.77. The molecule has 0 radical (unpaired) electrons. The van der Waals surface area contributed by atoms with Crippen LogP contribution < -0.4 is 0 Å². The molecule has 8 heteroatoms. The van der Waals surface area contributed by atoms with Gasteiger partial charge in [0, 0.05) is 25.9 Å². The van der Waals surface area contributed by atoms with Gasteiger partial charge in [0.05, 0.1) is 0 Å². The molecule has 0 aliphatic heterocycles. The van der Waals surface area contributed by atoms with Gasteiger partial charge in [0.25, 0.3) is 0 Å². The van der Waals surface area contributed by atoms with Gasteiger partial charge in [0.15, 0.2) is 0 Å². The maximum Gasteiger partial charge on any atom is 0.466 e. The van der Waals surface area contributed by atoms with E-state index in [1.165, 1.54) is 44.9 Å². The molecule has 0 aliphatic carbocycles. The molecule has 0 fully saturated rings. The summed E-state index contributed by atoms with van der Waals surface area (Å²) < 4.78 is 8.88. The number of carboxylic acids is 1. The van der Waals surface area contributed by atoms with Crippen LogP contribution in [0, 0.1) is 0 Å². The molecule has 0 aromatic carbocycles. The third-order valence-corrected chi connectivity index (χ3v) is 2.49. The summed E-state index contributed by atoms with van der Waals surface area (Å²) in [6.07, 6.45) is 11.5. The van der Waals surface area contributed by atoms with E-state index in [2.05, 4.69) is 6.92 Å². The minimum absolute atomic E-state index is 0. The maximum atomic E-state index is 10.2. The van der Waals surface area contributed by atoms with Crippen LogP contribution in [0.1, 0.15) is 71.1 Å². The monoisotopic (exact) mass is 362 g/mol. The van der Waals surface area contributed by atoms with Crippen molar-refractivity contribution in [1.82, 2.24) is 0 Å². The summed E-state index contributed by atoms with van der Waals surface area (Å²) >= 11 is 0. The molecule has 0 rings (SSSR count). The van der Waals surface area contributed by atoms with Gasteiger partial charge in [-0.3, -0.25) is 4.79 Å². The van der Waals surface area contributed by atoms with Crippen LogP contribution in [-0.4, -0.2) is 25.8 Å². The molecule has 0 bridgehead atoms. The molecule has 20 heavy (non-hydrogen) atoms. The number of hydrogen-bond acceptors (Lipinski definition) is 2. The van der Waals surface area contributed by atoms with E-state index in [0.717, 1.165) is 12.8 Å². The van der Waals surface area contributed by atoms with Crippen LogP contribution in [0.3, 0.4) is 0 Å². The maximum absolute atomic E-state index is 10.2. The van der Waals surface area contributed by atoms with Crippen LogP contribution in [0.25, 0.3) is 0 Å². The first kappa shape index (κ1) is 25.2. The number of phosphoric acid groups is 1. The third kappa shape index (κ3) is 42.9. The Balaban J connectivity index is -0.000000414. The largest absolute Gasteiger partial charge is 0.481 e. The van der Waals surface area contributed by atoms with E-state index in [1.54, 1.807) is 0 Å². The number of aliphatic carboxylic acids is 1. The van der Waals surface area contributed by atoms with E-state index < -0.39 is 13.8 Å². The zero-order valence-electron chi connectivity index (χ0n) is 12.3. The molecular weight excluding hydrogens is 336 g/mol. The first-order valence-corrected chi connectivity index (χ1v) is 8.34. The van der Waals surface area contributed by atoms with Crippen molar-refractivity contribution in [2.75, 3.05) is 0 Å². The molecular formula is C12H27O6PZn. The van der Waals surface area contributed by atoms with Crippen molar-refractivity contribution in [3.05, 3.63) is 0 Å². The van der Waals surface area contributed by atoms with Gasteiger partial charge < -0.3 is 19.8 Å². The Morgan fingerprint density at radius 2 is 1.15 bits per heavy atom. The van der Waals surface area contributed by atoms with E-state index in [1.807, 2.05) is 0 Å². The van der Waals surface area contributed by atoms with Gasteiger partial charge in [-0.05, 0) is 6.42 Å². The second-order valence-corrected chi connectivity index (χ2v) is 5.51. The number of rotatable bonds is 10. The van der Waals surface area contributed by atoms with Crippen molar-refractivity contribution < 1.29 is 48.6 Å². The SMILES string of the molecule is CCCCCCCCCCCC(=O)O.O=P(O)(O)O.[Zn]. The average molecular weight is 364 g/mol. The Morgan fingerprint density at radius 3 is 1.45 bits per heavy atom. The summed E-state index contributed by atoms with van der Waals surface area (Å²) in [4.78, 5) is 31.8. The summed E-state index contributed by atoms with van der Waals surface area (Å²) in [5.74, 6) is -0.659. The molecule has 0 aromatic rings. The predicted molar refractivity (Wildman–Crippen MR) is 73.7 cm³/mol. The Kier molecular flexibility index (Phi) is 21.7. The molecule has 0 saturated heterocycles. The van der Waals surface area contributed by atoms with Crippen molar-refractivity contribution in [2.24, 2.45) is 0 Å². The Morgan fingerprint density at radius 1 is 0.850 bits per heavy atom. The summed E-state index contributed by atoms with van der Waals surface area (Å²) in [7, 11) is -4.64. The molecule has 118 valence electrons. The molecule has 0 heterocycles. The van der Waals surface area contributed by atoms with Crippen LogP contribution in [-0.2, 0) is 28.8 Å². The molecule has 0 aliphatic rings. The Hall–Kier alpha value is 0.203. The van der Waals surface area contributed by atoms with Crippen molar-refractivity contribution >= 4 is 13.8 Å². The van der Waals surface area contributed by atoms with Gasteiger partial charge in [-0.15, -0.1) is 0 Å². The number of unbranched alkanes of at least 4 members (excludes halogenated alkanes) is 8. The zero-order valence-corrected chi connectivity index (χ0v) is 16.2. The fourth-order valence-electron chi connectivity index (χ4n) is 1.59. The molecule has 0 amide bonds. The first-order chi connectivity index (χ1) is 8.77. The Labute approximate surface area is 134 Å². The van der Waals surface area contributed by atoms with Crippen LogP contribution in [0.5, 0.6) is 0 Å². The standard InChI is InChI=1S/C12H24O2.H3O4P.Zn/c1-2-3-4-5-6-7-8-9-10-11-12(13)14;1-5(2,3)4;/h2-11H2,1H3,(H,13,14);(H3,1,2,3,4);. The Bertz CT molecular complexity index is 248. The van der Waals surface area contributed by atoms with E-state index in [4.69, 9.17) is 24.4 Å². The van der Waals surface area contributed by atoms with Crippen LogP contribution >= 0.6 is 7.82 Å². The predicted octanol–water partition coefficient (Wildman–Crippen LogP) is 3.06. The third-order valence-electron chi connectivity index (χ3n) is 2.49. The van der Waals surface area contributed by atoms with Crippen molar-refractivity contribution in [1.29, 1.82) is 0 Å². The van der Waals surface area contributed by atoms with E-state index in [-0.39, 0.29) is 19.5 Å². The smallest absolute Gasteiger partial charge is 0.466 e. The summed E-state index contributed by atoms with van der Waals surface area (Å²) in [6, 6.07) is 0. The van der Waals surface area contributed by atoms with Crippen LogP contribution in [0.2, 0.25) is 0 Å². The topological polar surface area (TPSA) is 115 Å². The van der Waals surface area contributed by atoms with Gasteiger partial charge >= 0.3 is 13.8 Å². The quantitative estimate of drug-likeness (QED) is 0.269. The number of carboxylic acid groups (broad SMARTS) is 1. The van der Waals surface area contributed by atoms with Crippen LogP contribution in [0.15, 0.2) is 0 Å². The summed E-state index contributed by atoms with van der Waals surface area (Å²) in [5, 5.41) is 8.41. The second kappa shape index (κ2) is 17.3.